The smallest absolute Gasteiger partial charge is 0.194 e. The second-order valence-corrected chi connectivity index (χ2v) is 4.82. The third-order valence-corrected chi connectivity index (χ3v) is 3.21. The molecular weight excluding hydrogens is 234 g/mol. The van der Waals surface area contributed by atoms with Crippen LogP contribution in [0.1, 0.15) is 17.1 Å². The van der Waals surface area contributed by atoms with Gasteiger partial charge in [-0.25, -0.2) is 9.97 Å². The molecule has 2 N–H and O–H groups in total. The van der Waals surface area contributed by atoms with Gasteiger partial charge in [-0.05, 0) is 37.7 Å². The van der Waals surface area contributed by atoms with Crippen molar-refractivity contribution < 1.29 is 0 Å². The number of hydrogen-bond donors (Lipinski definition) is 1. The lowest BCUT2D eigenvalue weighted by Gasteiger charge is -2.04. The molecule has 90 valence electrons. The van der Waals surface area contributed by atoms with Crippen LogP contribution < -0.4 is 5.73 Å². The second-order valence-electron chi connectivity index (χ2n) is 3.84. The van der Waals surface area contributed by atoms with E-state index in [1.165, 1.54) is 11.8 Å². The average molecular weight is 249 g/mol. The van der Waals surface area contributed by atoms with E-state index in [2.05, 4.69) is 15.1 Å². The molecule has 6 heteroatoms. The number of aryl methyl sites for hydroxylation is 3. The van der Waals surface area contributed by atoms with Gasteiger partial charge in [-0.2, -0.15) is 5.10 Å². The molecule has 0 aliphatic heterocycles. The van der Waals surface area contributed by atoms with Gasteiger partial charge in [0.1, 0.15) is 5.03 Å². The van der Waals surface area contributed by atoms with Gasteiger partial charge < -0.3 is 5.73 Å². The molecule has 0 radical (unpaired) electrons. The van der Waals surface area contributed by atoms with Gasteiger partial charge in [-0.15, -0.1) is 0 Å². The fourth-order valence-corrected chi connectivity index (χ4v) is 2.47. The minimum atomic E-state index is 0.432. The third-order valence-electron chi connectivity index (χ3n) is 2.25. The summed E-state index contributed by atoms with van der Waals surface area (Å²) in [6, 6.07) is 3.91. The minimum Gasteiger partial charge on any atom is -0.325 e. The van der Waals surface area contributed by atoms with E-state index in [-0.39, 0.29) is 0 Å². The van der Waals surface area contributed by atoms with Gasteiger partial charge in [0.05, 0.1) is 11.4 Å². The first-order valence-corrected chi connectivity index (χ1v) is 6.13. The van der Waals surface area contributed by atoms with Gasteiger partial charge in [-0.1, -0.05) is 0 Å². The Morgan fingerprint density at radius 3 is 2.59 bits per heavy atom. The Morgan fingerprint density at radius 1 is 1.24 bits per heavy atom. The summed E-state index contributed by atoms with van der Waals surface area (Å²) in [5.74, 6) is 0. The Balaban J connectivity index is 2.29. The summed E-state index contributed by atoms with van der Waals surface area (Å²) in [6.07, 6.45) is 0. The zero-order valence-electron chi connectivity index (χ0n) is 10.1. The highest BCUT2D eigenvalue weighted by molar-refractivity contribution is 7.99. The first kappa shape index (κ1) is 12.1. The topological polar surface area (TPSA) is 69.6 Å². The molecule has 0 amide bonds. The number of rotatable bonds is 3. The van der Waals surface area contributed by atoms with Crippen molar-refractivity contribution >= 4 is 11.8 Å². The number of hydrogen-bond acceptors (Lipinski definition) is 5. The molecule has 2 rings (SSSR count). The van der Waals surface area contributed by atoms with E-state index in [1.807, 2.05) is 37.7 Å². The molecule has 5 nitrogen and oxygen atoms in total. The van der Waals surface area contributed by atoms with E-state index in [1.54, 1.807) is 0 Å². The lowest BCUT2D eigenvalue weighted by Crippen LogP contribution is -2.03. The monoisotopic (exact) mass is 249 g/mol. The first-order valence-electron chi connectivity index (χ1n) is 5.31. The summed E-state index contributed by atoms with van der Waals surface area (Å²) in [6.45, 7) is 4.34. The van der Waals surface area contributed by atoms with Gasteiger partial charge in [0, 0.05) is 19.3 Å². The maximum Gasteiger partial charge on any atom is 0.194 e. The van der Waals surface area contributed by atoms with E-state index in [0.717, 1.165) is 22.1 Å². The zero-order chi connectivity index (χ0) is 12.4. The van der Waals surface area contributed by atoms with Gasteiger partial charge in [0.15, 0.2) is 5.16 Å². The van der Waals surface area contributed by atoms with Crippen molar-refractivity contribution in [2.75, 3.05) is 0 Å². The van der Waals surface area contributed by atoms with Gasteiger partial charge in [-0.3, -0.25) is 4.68 Å². The summed E-state index contributed by atoms with van der Waals surface area (Å²) < 4.78 is 1.83. The fraction of sp³-hybridized carbons (Fsp3) is 0.364. The van der Waals surface area contributed by atoms with Gasteiger partial charge in [0.25, 0.3) is 0 Å². The third kappa shape index (κ3) is 2.83. The first-order chi connectivity index (χ1) is 8.08. The van der Waals surface area contributed by atoms with Crippen molar-refractivity contribution in [2.45, 2.75) is 30.6 Å². The molecule has 0 bridgehead atoms. The van der Waals surface area contributed by atoms with Crippen LogP contribution in [0.2, 0.25) is 0 Å². The van der Waals surface area contributed by atoms with E-state index < -0.39 is 0 Å². The van der Waals surface area contributed by atoms with Crippen molar-refractivity contribution in [3.8, 4) is 0 Å². The Morgan fingerprint density at radius 2 is 2.00 bits per heavy atom. The fourth-order valence-electron chi connectivity index (χ4n) is 1.53. The molecule has 0 aliphatic rings. The van der Waals surface area contributed by atoms with Crippen molar-refractivity contribution in [3.63, 3.8) is 0 Å². The quantitative estimate of drug-likeness (QED) is 0.833. The van der Waals surface area contributed by atoms with Crippen LogP contribution >= 0.6 is 11.8 Å². The Labute approximate surface area is 104 Å². The number of nitrogens with two attached hydrogens (primary N) is 1. The number of aromatic nitrogens is 4. The van der Waals surface area contributed by atoms with Crippen LogP contribution in [0.4, 0.5) is 0 Å². The van der Waals surface area contributed by atoms with E-state index in [4.69, 9.17) is 5.73 Å². The van der Waals surface area contributed by atoms with Crippen molar-refractivity contribution in [1.29, 1.82) is 0 Å². The molecule has 2 aromatic rings. The van der Waals surface area contributed by atoms with Crippen molar-refractivity contribution in [3.05, 3.63) is 29.2 Å². The van der Waals surface area contributed by atoms with Crippen LogP contribution in [-0.2, 0) is 13.6 Å². The minimum absolute atomic E-state index is 0.432. The highest BCUT2D eigenvalue weighted by atomic mass is 32.2. The van der Waals surface area contributed by atoms with Crippen LogP contribution in [0, 0.1) is 13.8 Å². The van der Waals surface area contributed by atoms with Gasteiger partial charge in [0.2, 0.25) is 0 Å². The standard InChI is InChI=1S/C11H15N5S/c1-7-4-9(6-12)14-11(13-7)17-10-5-8(2)15-16(10)3/h4-5H,6,12H2,1-3H3. The van der Waals surface area contributed by atoms with E-state index >= 15 is 0 Å². The predicted molar refractivity (Wildman–Crippen MR) is 66.7 cm³/mol. The largest absolute Gasteiger partial charge is 0.325 e. The van der Waals surface area contributed by atoms with E-state index in [9.17, 15) is 0 Å². The molecule has 2 aromatic heterocycles. The highest BCUT2D eigenvalue weighted by Crippen LogP contribution is 2.25. The van der Waals surface area contributed by atoms with Crippen LogP contribution in [0.25, 0.3) is 0 Å². The zero-order valence-corrected chi connectivity index (χ0v) is 11.0. The van der Waals surface area contributed by atoms with Crippen LogP contribution in [0.15, 0.2) is 22.3 Å². The lowest BCUT2D eigenvalue weighted by atomic mass is 10.3. The van der Waals surface area contributed by atoms with Crippen LogP contribution in [0.3, 0.4) is 0 Å². The Kier molecular flexibility index (Phi) is 3.44. The molecule has 2 heterocycles. The Bertz CT molecular complexity index is 535. The molecule has 17 heavy (non-hydrogen) atoms. The molecule has 0 spiro atoms. The summed E-state index contributed by atoms with van der Waals surface area (Å²) in [4.78, 5) is 8.77. The molecule has 0 aromatic carbocycles. The Hall–Kier alpha value is -1.40. The van der Waals surface area contributed by atoms with Crippen LogP contribution in [0.5, 0.6) is 0 Å². The molecule has 0 unspecified atom stereocenters. The molecule has 0 aliphatic carbocycles. The number of nitrogens with zero attached hydrogens (tertiary/aromatic N) is 4. The molecule has 0 saturated heterocycles. The van der Waals surface area contributed by atoms with Gasteiger partial charge >= 0.3 is 0 Å². The van der Waals surface area contributed by atoms with Crippen molar-refractivity contribution in [2.24, 2.45) is 12.8 Å². The maximum absolute atomic E-state index is 5.60. The second kappa shape index (κ2) is 4.85. The molecule has 0 fully saturated rings. The molecular formula is C11H15N5S. The SMILES string of the molecule is Cc1cc(CN)nc(Sc2cc(C)nn2C)n1. The molecule has 0 saturated carbocycles. The summed E-state index contributed by atoms with van der Waals surface area (Å²) in [5, 5.41) is 6.03. The summed E-state index contributed by atoms with van der Waals surface area (Å²) in [7, 11) is 1.91. The molecule has 0 atom stereocenters. The van der Waals surface area contributed by atoms with Crippen LogP contribution in [-0.4, -0.2) is 19.7 Å². The lowest BCUT2D eigenvalue weighted by molar-refractivity contribution is 0.690. The summed E-state index contributed by atoms with van der Waals surface area (Å²) in [5.41, 5.74) is 8.38. The highest BCUT2D eigenvalue weighted by Gasteiger charge is 2.08. The van der Waals surface area contributed by atoms with E-state index in [0.29, 0.717) is 11.7 Å². The predicted octanol–water partition coefficient (Wildman–Crippen LogP) is 1.44. The maximum atomic E-state index is 5.60. The summed E-state index contributed by atoms with van der Waals surface area (Å²) >= 11 is 1.50. The normalized spacial score (nSPS) is 10.8. The average Bonchev–Trinajstić information content (AvgIpc) is 2.56. The van der Waals surface area contributed by atoms with Crippen molar-refractivity contribution in [1.82, 2.24) is 19.7 Å².